The molecule has 2 rings (SSSR count). The molecule has 0 radical (unpaired) electrons. The van der Waals surface area contributed by atoms with E-state index in [9.17, 15) is 13.2 Å². The molecule has 1 aromatic rings. The minimum absolute atomic E-state index is 0.203. The molecule has 1 saturated heterocycles. The molecule has 0 aliphatic carbocycles. The summed E-state index contributed by atoms with van der Waals surface area (Å²) in [6.45, 7) is 0.222. The lowest BCUT2D eigenvalue weighted by atomic mass is 10.1. The summed E-state index contributed by atoms with van der Waals surface area (Å²) in [6, 6.07) is -0.987. The van der Waals surface area contributed by atoms with Gasteiger partial charge in [-0.2, -0.15) is 4.31 Å². The molecule has 94 valence electrons. The molecule has 1 unspecified atom stereocenters. The number of hydrogen-bond acceptors (Lipinski definition) is 4. The maximum atomic E-state index is 12.1. The number of nitrogens with one attached hydrogen (secondary N) is 1. The molecular weight excluding hydrogens is 246 g/mol. The minimum Gasteiger partial charge on any atom is -0.480 e. The summed E-state index contributed by atoms with van der Waals surface area (Å²) >= 11 is 0. The van der Waals surface area contributed by atoms with Crippen LogP contribution in [0.3, 0.4) is 0 Å². The highest BCUT2D eigenvalue weighted by Gasteiger charge is 2.38. The highest BCUT2D eigenvalue weighted by molar-refractivity contribution is 7.89. The van der Waals surface area contributed by atoms with Crippen molar-refractivity contribution in [3.05, 3.63) is 12.4 Å². The van der Waals surface area contributed by atoms with Crippen molar-refractivity contribution in [2.75, 3.05) is 6.54 Å². The Labute approximate surface area is 98.5 Å². The van der Waals surface area contributed by atoms with Crippen LogP contribution in [0.1, 0.15) is 19.3 Å². The molecule has 7 nitrogen and oxygen atoms in total. The molecule has 1 aliphatic rings. The Balaban J connectivity index is 2.34. The quantitative estimate of drug-likeness (QED) is 0.797. The summed E-state index contributed by atoms with van der Waals surface area (Å²) in [5.41, 5.74) is 0. The number of sulfonamides is 1. The van der Waals surface area contributed by atoms with Crippen LogP contribution in [0.2, 0.25) is 0 Å². The highest BCUT2D eigenvalue weighted by Crippen LogP contribution is 2.23. The van der Waals surface area contributed by atoms with Crippen LogP contribution in [0.25, 0.3) is 0 Å². The number of aliphatic carboxylic acids is 1. The van der Waals surface area contributed by atoms with E-state index >= 15 is 0 Å². The summed E-state index contributed by atoms with van der Waals surface area (Å²) in [4.78, 5) is 17.2. The van der Waals surface area contributed by atoms with Gasteiger partial charge in [0.25, 0.3) is 10.0 Å². The number of hydrogen-bond donors (Lipinski definition) is 2. The fourth-order valence-corrected chi connectivity index (χ4v) is 3.48. The van der Waals surface area contributed by atoms with Gasteiger partial charge in [0, 0.05) is 18.9 Å². The third kappa shape index (κ3) is 2.18. The first kappa shape index (κ1) is 12.1. The molecule has 1 fully saturated rings. The molecule has 0 spiro atoms. The van der Waals surface area contributed by atoms with Crippen molar-refractivity contribution in [3.8, 4) is 0 Å². The maximum Gasteiger partial charge on any atom is 0.322 e. The fraction of sp³-hybridized carbons (Fsp3) is 0.556. The van der Waals surface area contributed by atoms with E-state index in [0.29, 0.717) is 12.8 Å². The summed E-state index contributed by atoms with van der Waals surface area (Å²) in [5.74, 6) is -1.11. The Hall–Kier alpha value is -1.41. The van der Waals surface area contributed by atoms with E-state index in [-0.39, 0.29) is 11.7 Å². The second-order valence-electron chi connectivity index (χ2n) is 3.86. The molecule has 8 heteroatoms. The Morgan fingerprint density at radius 3 is 2.88 bits per heavy atom. The smallest absolute Gasteiger partial charge is 0.322 e. The van der Waals surface area contributed by atoms with Crippen molar-refractivity contribution in [3.63, 3.8) is 0 Å². The largest absolute Gasteiger partial charge is 0.480 e. The second kappa shape index (κ2) is 4.46. The first-order valence-electron chi connectivity index (χ1n) is 5.27. The Morgan fingerprint density at radius 2 is 2.29 bits per heavy atom. The van der Waals surface area contributed by atoms with Gasteiger partial charge < -0.3 is 10.1 Å². The van der Waals surface area contributed by atoms with E-state index in [4.69, 9.17) is 5.11 Å². The van der Waals surface area contributed by atoms with Crippen LogP contribution in [0, 0.1) is 0 Å². The molecule has 0 saturated carbocycles. The summed E-state index contributed by atoms with van der Waals surface area (Å²) in [5, 5.41) is 8.83. The number of carboxylic acid groups (broad SMARTS) is 1. The van der Waals surface area contributed by atoms with Gasteiger partial charge in [-0.3, -0.25) is 4.79 Å². The molecule has 1 aromatic heterocycles. The van der Waals surface area contributed by atoms with E-state index in [1.165, 1.54) is 12.4 Å². The average Bonchev–Trinajstić information content (AvgIpc) is 2.83. The van der Waals surface area contributed by atoms with Crippen LogP contribution < -0.4 is 0 Å². The number of aromatic amines is 1. The van der Waals surface area contributed by atoms with Gasteiger partial charge in [0.15, 0.2) is 0 Å². The van der Waals surface area contributed by atoms with Crippen LogP contribution in [0.15, 0.2) is 17.6 Å². The zero-order valence-electron chi connectivity index (χ0n) is 9.04. The predicted octanol–water partition coefficient (Wildman–Crippen LogP) is 0.0375. The van der Waals surface area contributed by atoms with Crippen LogP contribution in [-0.4, -0.2) is 46.4 Å². The molecule has 1 atom stereocenters. The number of imidazole rings is 1. The number of rotatable bonds is 3. The number of nitrogens with zero attached hydrogens (tertiary/aromatic N) is 2. The van der Waals surface area contributed by atoms with Crippen LogP contribution in [-0.2, 0) is 14.8 Å². The van der Waals surface area contributed by atoms with Gasteiger partial charge in [-0.25, -0.2) is 13.4 Å². The van der Waals surface area contributed by atoms with Crippen molar-refractivity contribution < 1.29 is 18.3 Å². The summed E-state index contributed by atoms with van der Waals surface area (Å²) in [7, 11) is -3.83. The van der Waals surface area contributed by atoms with Crippen molar-refractivity contribution >= 4 is 16.0 Å². The third-order valence-electron chi connectivity index (χ3n) is 2.76. The Morgan fingerprint density at radius 1 is 1.53 bits per heavy atom. The zero-order chi connectivity index (χ0) is 12.5. The molecule has 2 heterocycles. The standard InChI is InChI=1S/C9H13N3O4S/c13-8(14)7-3-1-2-6-12(7)17(15,16)9-10-4-5-11-9/h4-5,7H,1-3,6H2,(H,10,11)(H,13,14). The van der Waals surface area contributed by atoms with E-state index in [0.717, 1.165) is 10.7 Å². The van der Waals surface area contributed by atoms with Gasteiger partial charge in [-0.1, -0.05) is 0 Å². The van der Waals surface area contributed by atoms with Gasteiger partial charge in [-0.15, -0.1) is 0 Å². The molecular formula is C9H13N3O4S. The molecule has 0 amide bonds. The normalized spacial score (nSPS) is 22.5. The fourth-order valence-electron chi connectivity index (χ4n) is 1.94. The lowest BCUT2D eigenvalue weighted by Gasteiger charge is -2.30. The number of aromatic nitrogens is 2. The lowest BCUT2D eigenvalue weighted by Crippen LogP contribution is -2.48. The van der Waals surface area contributed by atoms with Gasteiger partial charge in [0.05, 0.1) is 0 Å². The average molecular weight is 259 g/mol. The number of carbonyl (C=O) groups is 1. The highest BCUT2D eigenvalue weighted by atomic mass is 32.2. The van der Waals surface area contributed by atoms with Crippen LogP contribution in [0.5, 0.6) is 0 Å². The molecule has 2 N–H and O–H groups in total. The van der Waals surface area contributed by atoms with Crippen molar-refractivity contribution in [2.24, 2.45) is 0 Å². The van der Waals surface area contributed by atoms with Gasteiger partial charge in [-0.05, 0) is 19.3 Å². The topological polar surface area (TPSA) is 103 Å². The van der Waals surface area contributed by atoms with Crippen molar-refractivity contribution in [1.82, 2.24) is 14.3 Å². The molecule has 1 aliphatic heterocycles. The lowest BCUT2D eigenvalue weighted by molar-refractivity contribution is -0.142. The second-order valence-corrected chi connectivity index (χ2v) is 5.67. The van der Waals surface area contributed by atoms with E-state index in [1.807, 2.05) is 0 Å². The minimum atomic E-state index is -3.83. The van der Waals surface area contributed by atoms with Crippen molar-refractivity contribution in [1.29, 1.82) is 0 Å². The zero-order valence-corrected chi connectivity index (χ0v) is 9.85. The summed E-state index contributed by atoms with van der Waals surface area (Å²) < 4.78 is 25.3. The number of carboxylic acids is 1. The SMILES string of the molecule is O=C(O)C1CCCCN1S(=O)(=O)c1ncc[nH]1. The first-order valence-corrected chi connectivity index (χ1v) is 6.71. The van der Waals surface area contributed by atoms with E-state index in [2.05, 4.69) is 9.97 Å². The van der Waals surface area contributed by atoms with Gasteiger partial charge >= 0.3 is 5.97 Å². The predicted molar refractivity (Wildman–Crippen MR) is 57.8 cm³/mol. The number of H-pyrrole nitrogens is 1. The van der Waals surface area contributed by atoms with E-state index in [1.54, 1.807) is 0 Å². The Bertz CT molecular complexity index is 496. The van der Waals surface area contributed by atoms with Crippen LogP contribution in [0.4, 0.5) is 0 Å². The summed E-state index contributed by atoms with van der Waals surface area (Å²) in [6.07, 6.45) is 4.46. The molecule has 0 bridgehead atoms. The van der Waals surface area contributed by atoms with Gasteiger partial charge in [0.1, 0.15) is 6.04 Å². The van der Waals surface area contributed by atoms with Crippen LogP contribution >= 0.6 is 0 Å². The molecule has 0 aromatic carbocycles. The number of piperidine rings is 1. The molecule has 17 heavy (non-hydrogen) atoms. The van der Waals surface area contributed by atoms with Crippen molar-refractivity contribution in [2.45, 2.75) is 30.5 Å². The Kier molecular flexibility index (Phi) is 3.16. The first-order chi connectivity index (χ1) is 8.03. The third-order valence-corrected chi connectivity index (χ3v) is 4.53. The monoisotopic (exact) mass is 259 g/mol. The van der Waals surface area contributed by atoms with E-state index < -0.39 is 22.0 Å². The van der Waals surface area contributed by atoms with Gasteiger partial charge in [0.2, 0.25) is 5.16 Å². The maximum absolute atomic E-state index is 12.1.